The average Bonchev–Trinajstić information content (AvgIpc) is 3.12. The fourth-order valence-corrected chi connectivity index (χ4v) is 2.68. The summed E-state index contributed by atoms with van der Waals surface area (Å²) in [6.07, 6.45) is 5.51. The number of anilines is 1. The van der Waals surface area contributed by atoms with Crippen LogP contribution in [-0.4, -0.2) is 33.4 Å². The lowest BCUT2D eigenvalue weighted by Gasteiger charge is -2.24. The number of carbonyl (C=O) groups is 1. The first-order valence-electron chi connectivity index (χ1n) is 6.88. The zero-order chi connectivity index (χ0) is 13.9. The van der Waals surface area contributed by atoms with Crippen LogP contribution in [0, 0.1) is 0 Å². The number of amides is 1. The maximum absolute atomic E-state index is 12.8. The summed E-state index contributed by atoms with van der Waals surface area (Å²) in [5.41, 5.74) is 6.65. The molecule has 1 aliphatic heterocycles. The number of rotatable bonds is 3. The predicted molar refractivity (Wildman–Crippen MR) is 77.0 cm³/mol. The normalized spacial score (nSPS) is 16.3. The molecule has 20 heavy (non-hydrogen) atoms. The van der Waals surface area contributed by atoms with E-state index in [1.54, 1.807) is 17.1 Å². The molecule has 1 saturated heterocycles. The molecule has 1 aliphatic rings. The third kappa shape index (κ3) is 2.39. The van der Waals surface area contributed by atoms with Gasteiger partial charge in [0.1, 0.15) is 11.9 Å². The van der Waals surface area contributed by atoms with Crippen LogP contribution in [0.1, 0.15) is 24.4 Å². The molecule has 0 aliphatic carbocycles. The van der Waals surface area contributed by atoms with Crippen molar-refractivity contribution in [3.05, 3.63) is 48.4 Å². The van der Waals surface area contributed by atoms with Crippen LogP contribution in [-0.2, 0) is 4.79 Å². The highest BCUT2D eigenvalue weighted by atomic mass is 16.2. The Hall–Kier alpha value is -2.30. The molecule has 0 saturated carbocycles. The highest BCUT2D eigenvalue weighted by Gasteiger charge is 2.29. The van der Waals surface area contributed by atoms with Crippen molar-refractivity contribution in [3.63, 3.8) is 0 Å². The maximum Gasteiger partial charge on any atom is 0.250 e. The number of nitrogens with two attached hydrogens (primary N) is 1. The van der Waals surface area contributed by atoms with Crippen molar-refractivity contribution in [1.82, 2.24) is 14.5 Å². The highest BCUT2D eigenvalue weighted by molar-refractivity contribution is 5.84. The molecule has 5 heteroatoms. The number of likely N-dealkylation sites (tertiary alicyclic amines) is 1. The minimum absolute atomic E-state index is 0.117. The summed E-state index contributed by atoms with van der Waals surface area (Å²) in [6, 6.07) is 9.39. The van der Waals surface area contributed by atoms with E-state index in [2.05, 4.69) is 4.98 Å². The summed E-state index contributed by atoms with van der Waals surface area (Å²) >= 11 is 0. The van der Waals surface area contributed by atoms with E-state index in [4.69, 9.17) is 5.73 Å². The summed E-state index contributed by atoms with van der Waals surface area (Å²) < 4.78 is 1.80. The van der Waals surface area contributed by atoms with Crippen LogP contribution in [0.5, 0.6) is 0 Å². The lowest BCUT2D eigenvalue weighted by molar-refractivity contribution is -0.132. The van der Waals surface area contributed by atoms with Gasteiger partial charge in [-0.05, 0) is 18.4 Å². The van der Waals surface area contributed by atoms with Gasteiger partial charge < -0.3 is 15.2 Å². The molecule has 5 nitrogen and oxygen atoms in total. The van der Waals surface area contributed by atoms with Gasteiger partial charge >= 0.3 is 0 Å². The van der Waals surface area contributed by atoms with Crippen molar-refractivity contribution in [2.75, 3.05) is 18.8 Å². The maximum atomic E-state index is 12.8. The Morgan fingerprint density at radius 2 is 1.90 bits per heavy atom. The molecule has 1 aromatic carbocycles. The number of nitrogens with zero attached hydrogens (tertiary/aromatic N) is 3. The molecule has 1 unspecified atom stereocenters. The van der Waals surface area contributed by atoms with Crippen LogP contribution in [0.2, 0.25) is 0 Å². The third-order valence-electron chi connectivity index (χ3n) is 3.69. The van der Waals surface area contributed by atoms with Crippen molar-refractivity contribution in [1.29, 1.82) is 0 Å². The number of imidazole rings is 1. The standard InChI is InChI=1S/C15H18N4O/c16-13-10-19(11-17-13)14(12-6-2-1-3-7-12)15(20)18-8-4-5-9-18/h1-3,6-7,10-11,14H,4-5,8-9,16H2. The number of benzene rings is 1. The molecule has 2 heterocycles. The van der Waals surface area contributed by atoms with Crippen molar-refractivity contribution < 1.29 is 4.79 Å². The first-order chi connectivity index (χ1) is 9.75. The number of aromatic nitrogens is 2. The molecular formula is C15H18N4O. The van der Waals surface area contributed by atoms with Crippen molar-refractivity contribution in [3.8, 4) is 0 Å². The molecule has 0 radical (unpaired) electrons. The largest absolute Gasteiger partial charge is 0.382 e. The lowest BCUT2D eigenvalue weighted by Crippen LogP contribution is -2.35. The minimum atomic E-state index is -0.376. The SMILES string of the molecule is Nc1cn(C(C(=O)N2CCCC2)c2ccccc2)cn1. The Labute approximate surface area is 118 Å². The van der Waals surface area contributed by atoms with Gasteiger partial charge in [-0.15, -0.1) is 0 Å². The lowest BCUT2D eigenvalue weighted by atomic mass is 10.1. The van der Waals surface area contributed by atoms with E-state index in [1.165, 1.54) is 0 Å². The van der Waals surface area contributed by atoms with Gasteiger partial charge in [-0.2, -0.15) is 0 Å². The van der Waals surface area contributed by atoms with Gasteiger partial charge in [0.05, 0.1) is 6.33 Å². The molecule has 0 spiro atoms. The van der Waals surface area contributed by atoms with E-state index in [9.17, 15) is 4.79 Å². The summed E-state index contributed by atoms with van der Waals surface area (Å²) in [5, 5.41) is 0. The monoisotopic (exact) mass is 270 g/mol. The van der Waals surface area contributed by atoms with E-state index in [0.717, 1.165) is 31.5 Å². The zero-order valence-corrected chi connectivity index (χ0v) is 11.3. The van der Waals surface area contributed by atoms with Crippen molar-refractivity contribution >= 4 is 11.7 Å². The van der Waals surface area contributed by atoms with Gasteiger partial charge in [0, 0.05) is 19.3 Å². The molecule has 1 amide bonds. The summed E-state index contributed by atoms with van der Waals surface area (Å²) in [4.78, 5) is 18.8. The van der Waals surface area contributed by atoms with Gasteiger partial charge in [0.2, 0.25) is 5.91 Å². The topological polar surface area (TPSA) is 64.2 Å². The smallest absolute Gasteiger partial charge is 0.250 e. The fraction of sp³-hybridized carbons (Fsp3) is 0.333. The summed E-state index contributed by atoms with van der Waals surface area (Å²) in [7, 11) is 0. The molecule has 0 bridgehead atoms. The molecule has 2 aromatic rings. The van der Waals surface area contributed by atoms with Gasteiger partial charge in [0.25, 0.3) is 0 Å². The molecular weight excluding hydrogens is 252 g/mol. The molecule has 104 valence electrons. The van der Waals surface area contributed by atoms with Crippen LogP contribution in [0.25, 0.3) is 0 Å². The second-order valence-electron chi connectivity index (χ2n) is 5.09. The Morgan fingerprint density at radius 3 is 2.50 bits per heavy atom. The molecule has 3 rings (SSSR count). The van der Waals surface area contributed by atoms with Gasteiger partial charge in [-0.1, -0.05) is 30.3 Å². The van der Waals surface area contributed by atoms with Gasteiger partial charge in [-0.25, -0.2) is 4.98 Å². The Balaban J connectivity index is 1.97. The third-order valence-corrected chi connectivity index (χ3v) is 3.69. The van der Waals surface area contributed by atoms with Gasteiger partial charge in [-0.3, -0.25) is 4.79 Å². The number of hydrogen-bond donors (Lipinski definition) is 1. The van der Waals surface area contributed by atoms with Crippen LogP contribution >= 0.6 is 0 Å². The second-order valence-corrected chi connectivity index (χ2v) is 5.09. The van der Waals surface area contributed by atoms with Crippen molar-refractivity contribution in [2.24, 2.45) is 0 Å². The number of hydrogen-bond acceptors (Lipinski definition) is 3. The molecule has 1 aromatic heterocycles. The van der Waals surface area contributed by atoms with Gasteiger partial charge in [0.15, 0.2) is 0 Å². The van der Waals surface area contributed by atoms with Crippen LogP contribution in [0.4, 0.5) is 5.82 Å². The van der Waals surface area contributed by atoms with E-state index in [-0.39, 0.29) is 11.9 Å². The van der Waals surface area contributed by atoms with Crippen LogP contribution < -0.4 is 5.73 Å². The zero-order valence-electron chi connectivity index (χ0n) is 11.3. The Morgan fingerprint density at radius 1 is 1.20 bits per heavy atom. The Bertz CT molecular complexity index is 587. The number of nitrogen functional groups attached to an aromatic ring is 1. The Kier molecular flexibility index (Phi) is 3.41. The average molecular weight is 270 g/mol. The quantitative estimate of drug-likeness (QED) is 0.923. The highest BCUT2D eigenvalue weighted by Crippen LogP contribution is 2.23. The van der Waals surface area contributed by atoms with Crippen LogP contribution in [0.3, 0.4) is 0 Å². The minimum Gasteiger partial charge on any atom is -0.382 e. The summed E-state index contributed by atoms with van der Waals surface area (Å²) in [6.45, 7) is 1.68. The van der Waals surface area contributed by atoms with E-state index in [0.29, 0.717) is 5.82 Å². The molecule has 1 atom stereocenters. The van der Waals surface area contributed by atoms with E-state index >= 15 is 0 Å². The fourth-order valence-electron chi connectivity index (χ4n) is 2.68. The first-order valence-corrected chi connectivity index (χ1v) is 6.88. The molecule has 2 N–H and O–H groups in total. The second kappa shape index (κ2) is 5.36. The first kappa shape index (κ1) is 12.7. The summed E-state index contributed by atoms with van der Waals surface area (Å²) in [5.74, 6) is 0.547. The molecule has 1 fully saturated rings. The van der Waals surface area contributed by atoms with Crippen molar-refractivity contribution in [2.45, 2.75) is 18.9 Å². The predicted octanol–water partition coefficient (Wildman–Crippen LogP) is 1.68. The number of carbonyl (C=O) groups excluding carboxylic acids is 1. The van der Waals surface area contributed by atoms with E-state index < -0.39 is 0 Å². The van der Waals surface area contributed by atoms with E-state index in [1.807, 2.05) is 35.2 Å². The van der Waals surface area contributed by atoms with Crippen LogP contribution in [0.15, 0.2) is 42.9 Å².